The molecule has 0 spiro atoms. The summed E-state index contributed by atoms with van der Waals surface area (Å²) >= 11 is 0. The van der Waals surface area contributed by atoms with E-state index in [0.29, 0.717) is 0 Å². The molecule has 2 rings (SSSR count). The molecule has 1 nitrogen and oxygen atoms in total. The van der Waals surface area contributed by atoms with Crippen LogP contribution in [-0.4, -0.2) is 0 Å². The Bertz CT molecular complexity index is 590. The fourth-order valence-electron chi connectivity index (χ4n) is 2.31. The number of fused-ring (bicyclic) bond motifs is 1. The summed E-state index contributed by atoms with van der Waals surface area (Å²) in [4.78, 5) is 0. The monoisotopic (exact) mass is 239 g/mol. The Morgan fingerprint density at radius 2 is 1.78 bits per heavy atom. The summed E-state index contributed by atoms with van der Waals surface area (Å²) in [6.07, 6.45) is 4.20. The van der Waals surface area contributed by atoms with Crippen molar-refractivity contribution in [3.63, 3.8) is 0 Å². The topological polar surface area (TPSA) is 26.0 Å². The molecule has 0 radical (unpaired) electrons. The van der Waals surface area contributed by atoms with E-state index in [1.54, 1.807) is 0 Å². The van der Waals surface area contributed by atoms with Gasteiger partial charge in [-0.25, -0.2) is 0 Å². The fraction of sp³-hybridized carbons (Fsp3) is 0.294. The molecule has 0 heterocycles. The van der Waals surface area contributed by atoms with Crippen molar-refractivity contribution in [1.29, 1.82) is 0 Å². The van der Waals surface area contributed by atoms with Gasteiger partial charge in [0.1, 0.15) is 0 Å². The maximum Gasteiger partial charge on any atom is 0.0429 e. The van der Waals surface area contributed by atoms with Gasteiger partial charge >= 0.3 is 0 Å². The molecule has 94 valence electrons. The molecule has 0 aromatic heterocycles. The lowest BCUT2D eigenvalue weighted by atomic mass is 9.95. The maximum absolute atomic E-state index is 6.30. The van der Waals surface area contributed by atoms with Crippen molar-refractivity contribution in [2.24, 2.45) is 0 Å². The molecule has 1 heteroatoms. The zero-order valence-corrected chi connectivity index (χ0v) is 11.5. The van der Waals surface area contributed by atoms with Crippen LogP contribution in [0.1, 0.15) is 31.9 Å². The van der Waals surface area contributed by atoms with Gasteiger partial charge in [-0.1, -0.05) is 48.9 Å². The number of hydrogen-bond donors (Lipinski definition) is 1. The quantitative estimate of drug-likeness (QED) is 0.619. The van der Waals surface area contributed by atoms with E-state index in [1.807, 2.05) is 0 Å². The van der Waals surface area contributed by atoms with Gasteiger partial charge in [0.05, 0.1) is 0 Å². The number of aryl methyl sites for hydroxylation is 1. The van der Waals surface area contributed by atoms with Gasteiger partial charge in [-0.3, -0.25) is 0 Å². The predicted octanol–water partition coefficient (Wildman–Crippen LogP) is 4.49. The van der Waals surface area contributed by atoms with Crippen molar-refractivity contribution >= 4 is 16.5 Å². The molecule has 0 aliphatic carbocycles. The van der Waals surface area contributed by atoms with Crippen LogP contribution in [0.15, 0.2) is 42.0 Å². The Hall–Kier alpha value is -1.76. The van der Waals surface area contributed by atoms with Gasteiger partial charge in [0, 0.05) is 11.1 Å². The highest BCUT2D eigenvalue weighted by atomic mass is 14.6. The lowest BCUT2D eigenvalue weighted by Gasteiger charge is -2.12. The highest BCUT2D eigenvalue weighted by molar-refractivity contribution is 5.96. The fourth-order valence-corrected chi connectivity index (χ4v) is 2.31. The summed E-state index contributed by atoms with van der Waals surface area (Å²) in [6, 6.07) is 10.7. The van der Waals surface area contributed by atoms with Gasteiger partial charge in [-0.05, 0) is 43.2 Å². The van der Waals surface area contributed by atoms with Crippen LogP contribution in [0.5, 0.6) is 0 Å². The van der Waals surface area contributed by atoms with Crippen molar-refractivity contribution < 1.29 is 0 Å². The number of hydrogen-bond acceptors (Lipinski definition) is 1. The van der Waals surface area contributed by atoms with Gasteiger partial charge in [0.2, 0.25) is 0 Å². The van der Waals surface area contributed by atoms with Crippen LogP contribution >= 0.6 is 0 Å². The summed E-state index contributed by atoms with van der Waals surface area (Å²) in [5.74, 6) is 0. The summed E-state index contributed by atoms with van der Waals surface area (Å²) in [5, 5.41) is 2.48. The minimum Gasteiger partial charge on any atom is -0.398 e. The molecule has 0 aliphatic rings. The van der Waals surface area contributed by atoms with E-state index in [9.17, 15) is 0 Å². The molecule has 0 saturated heterocycles. The SMILES string of the molecule is CCc1cc(CC=C(C)C)c(N)c2ccccc12. The van der Waals surface area contributed by atoms with E-state index >= 15 is 0 Å². The van der Waals surface area contributed by atoms with Gasteiger partial charge in [-0.15, -0.1) is 0 Å². The molecule has 0 amide bonds. The largest absolute Gasteiger partial charge is 0.398 e. The summed E-state index contributed by atoms with van der Waals surface area (Å²) in [7, 11) is 0. The lowest BCUT2D eigenvalue weighted by molar-refractivity contribution is 1.13. The van der Waals surface area contributed by atoms with Crippen molar-refractivity contribution in [3.05, 3.63) is 53.1 Å². The Morgan fingerprint density at radius 1 is 1.11 bits per heavy atom. The average Bonchev–Trinajstić information content (AvgIpc) is 2.38. The van der Waals surface area contributed by atoms with E-state index in [0.717, 1.165) is 18.5 Å². The maximum atomic E-state index is 6.30. The second kappa shape index (κ2) is 5.26. The summed E-state index contributed by atoms with van der Waals surface area (Å²) in [6.45, 7) is 6.44. The highest BCUT2D eigenvalue weighted by Crippen LogP contribution is 2.29. The molecule has 0 unspecified atom stereocenters. The summed E-state index contributed by atoms with van der Waals surface area (Å²) in [5.41, 5.74) is 11.2. The third kappa shape index (κ3) is 2.40. The Kier molecular flexibility index (Phi) is 3.71. The zero-order chi connectivity index (χ0) is 13.1. The van der Waals surface area contributed by atoms with Crippen molar-refractivity contribution in [1.82, 2.24) is 0 Å². The van der Waals surface area contributed by atoms with E-state index in [-0.39, 0.29) is 0 Å². The second-order valence-electron chi connectivity index (χ2n) is 4.99. The molecule has 0 aliphatic heterocycles. The Labute approximate surface area is 109 Å². The van der Waals surface area contributed by atoms with Crippen LogP contribution in [0.2, 0.25) is 0 Å². The molecule has 2 N–H and O–H groups in total. The molecule has 2 aromatic rings. The standard InChI is InChI=1S/C17H21N/c1-4-13-11-14(10-9-12(2)3)17(18)16-8-6-5-7-15(13)16/h5-9,11H,4,10,18H2,1-3H3. The number of anilines is 1. The number of benzene rings is 2. The first-order valence-corrected chi connectivity index (χ1v) is 6.55. The molecular weight excluding hydrogens is 218 g/mol. The molecule has 0 atom stereocenters. The van der Waals surface area contributed by atoms with E-state index in [2.05, 4.69) is 57.2 Å². The van der Waals surface area contributed by atoms with Crippen molar-refractivity contribution in [2.75, 3.05) is 5.73 Å². The molecule has 2 aromatic carbocycles. The smallest absolute Gasteiger partial charge is 0.0429 e. The van der Waals surface area contributed by atoms with E-state index in [4.69, 9.17) is 5.73 Å². The van der Waals surface area contributed by atoms with E-state index < -0.39 is 0 Å². The highest BCUT2D eigenvalue weighted by Gasteiger charge is 2.07. The lowest BCUT2D eigenvalue weighted by Crippen LogP contribution is -1.98. The van der Waals surface area contributed by atoms with Gasteiger partial charge in [0.25, 0.3) is 0 Å². The number of allylic oxidation sites excluding steroid dienone is 2. The van der Waals surface area contributed by atoms with Crippen molar-refractivity contribution in [3.8, 4) is 0 Å². The minimum absolute atomic E-state index is 0.923. The van der Waals surface area contributed by atoms with Gasteiger partial charge in [0.15, 0.2) is 0 Å². The first-order chi connectivity index (χ1) is 8.63. The second-order valence-corrected chi connectivity index (χ2v) is 4.99. The van der Waals surface area contributed by atoms with Crippen LogP contribution < -0.4 is 5.73 Å². The first kappa shape index (κ1) is 12.7. The Morgan fingerprint density at radius 3 is 2.39 bits per heavy atom. The number of rotatable bonds is 3. The third-order valence-corrected chi connectivity index (χ3v) is 3.37. The molecular formula is C17H21N. The number of nitrogen functional groups attached to an aromatic ring is 1. The van der Waals surface area contributed by atoms with Crippen LogP contribution in [0.3, 0.4) is 0 Å². The average molecular weight is 239 g/mol. The van der Waals surface area contributed by atoms with Crippen molar-refractivity contribution in [2.45, 2.75) is 33.6 Å². The summed E-state index contributed by atoms with van der Waals surface area (Å²) < 4.78 is 0. The van der Waals surface area contributed by atoms with Gasteiger partial charge in [-0.2, -0.15) is 0 Å². The Balaban J connectivity index is 2.61. The third-order valence-electron chi connectivity index (χ3n) is 3.37. The predicted molar refractivity (Wildman–Crippen MR) is 80.9 cm³/mol. The van der Waals surface area contributed by atoms with Crippen LogP contribution in [0, 0.1) is 0 Å². The van der Waals surface area contributed by atoms with Crippen LogP contribution in [0.4, 0.5) is 5.69 Å². The minimum atomic E-state index is 0.923. The molecule has 0 fully saturated rings. The van der Waals surface area contributed by atoms with Crippen LogP contribution in [-0.2, 0) is 12.8 Å². The normalized spacial score (nSPS) is 10.6. The van der Waals surface area contributed by atoms with E-state index in [1.165, 1.54) is 27.5 Å². The molecule has 0 saturated carbocycles. The zero-order valence-electron chi connectivity index (χ0n) is 11.5. The molecule has 0 bridgehead atoms. The number of nitrogens with two attached hydrogens (primary N) is 1. The van der Waals surface area contributed by atoms with Crippen LogP contribution in [0.25, 0.3) is 10.8 Å². The first-order valence-electron chi connectivity index (χ1n) is 6.55. The molecule has 18 heavy (non-hydrogen) atoms. The van der Waals surface area contributed by atoms with Gasteiger partial charge < -0.3 is 5.73 Å².